The highest BCUT2D eigenvalue weighted by Gasteiger charge is 3.11. The first-order valence-electron chi connectivity index (χ1n) is 6.28. The van der Waals surface area contributed by atoms with E-state index in [1.54, 1.807) is 0 Å². The zero-order valence-corrected chi connectivity index (χ0v) is 12.6. The highest BCUT2D eigenvalue weighted by Crippen LogP contribution is 2.80. The van der Waals surface area contributed by atoms with Gasteiger partial charge >= 0.3 is 53.8 Å². The molecule has 20 heteroatoms. The topological polar surface area (TPSA) is 0 Å². The molecule has 0 atom stereocenters. The summed E-state index contributed by atoms with van der Waals surface area (Å²) in [5.74, 6) is -61.9. The number of hydrogen-bond donors (Lipinski definition) is 0. The summed E-state index contributed by atoms with van der Waals surface area (Å²) in [7, 11) is 0. The molecule has 0 heterocycles. The molecule has 0 aromatic rings. The lowest BCUT2D eigenvalue weighted by Crippen LogP contribution is -2.90. The summed E-state index contributed by atoms with van der Waals surface area (Å²) in [5.41, 5.74) is -9.38. The van der Waals surface area contributed by atoms with Crippen LogP contribution in [0.2, 0.25) is 0 Å². The maximum Gasteiger partial charge on any atom is 0.459 e. The van der Waals surface area contributed by atoms with Gasteiger partial charge in [-0.2, -0.15) is 87.8 Å². The SMILES string of the molecule is FC(F)(F)C(F)(F)C(F)(F)C1(C(F)(F)F)C(F)(F)C(F)(F)C(F)(F)C(F)(F)C1(F)F. The van der Waals surface area contributed by atoms with Crippen LogP contribution < -0.4 is 0 Å². The molecule has 0 saturated heterocycles. The van der Waals surface area contributed by atoms with Gasteiger partial charge in [-0.05, 0) is 0 Å². The molecule has 0 aromatic carbocycles. The predicted molar refractivity (Wildman–Crippen MR) is 49.2 cm³/mol. The van der Waals surface area contributed by atoms with Crippen molar-refractivity contribution < 1.29 is 87.8 Å². The van der Waals surface area contributed by atoms with Crippen LogP contribution in [0.4, 0.5) is 87.8 Å². The average molecular weight is 500 g/mol. The Morgan fingerprint density at radius 3 is 0.800 bits per heavy atom. The summed E-state index contributed by atoms with van der Waals surface area (Å²) < 4.78 is 261. The molecule has 30 heavy (non-hydrogen) atoms. The minimum absolute atomic E-state index is 8.23. The van der Waals surface area contributed by atoms with E-state index in [0.717, 1.165) is 0 Å². The van der Waals surface area contributed by atoms with E-state index in [0.29, 0.717) is 0 Å². The average Bonchev–Trinajstić information content (AvgIpc) is 2.41. The third kappa shape index (κ3) is 2.22. The molecule has 0 N–H and O–H groups in total. The van der Waals surface area contributed by atoms with Gasteiger partial charge < -0.3 is 0 Å². The van der Waals surface area contributed by atoms with Gasteiger partial charge in [-0.15, -0.1) is 0 Å². The van der Waals surface area contributed by atoms with Crippen LogP contribution >= 0.6 is 0 Å². The van der Waals surface area contributed by atoms with Crippen LogP contribution in [-0.4, -0.2) is 53.8 Å². The van der Waals surface area contributed by atoms with Gasteiger partial charge in [0.25, 0.3) is 5.41 Å². The van der Waals surface area contributed by atoms with Crippen LogP contribution in [0.1, 0.15) is 0 Å². The van der Waals surface area contributed by atoms with Gasteiger partial charge in [-0.1, -0.05) is 0 Å². The van der Waals surface area contributed by atoms with Crippen molar-refractivity contribution in [3.05, 3.63) is 0 Å². The standard InChI is InChI=1S/C10F20/c11-2(12)1(9(25,26)27,4(15,16)8(23,24)10(28,29)30)3(13,14)6(19,20)7(21,22)5(2,17)18. The molecule has 1 aliphatic rings. The van der Waals surface area contributed by atoms with E-state index in [2.05, 4.69) is 0 Å². The molecule has 0 spiro atoms. The molecule has 0 aromatic heterocycles. The van der Waals surface area contributed by atoms with Crippen molar-refractivity contribution in [1.29, 1.82) is 0 Å². The van der Waals surface area contributed by atoms with Crippen LogP contribution in [0.3, 0.4) is 0 Å². The summed E-state index contributed by atoms with van der Waals surface area (Å²) >= 11 is 0. The minimum atomic E-state index is -9.38. The van der Waals surface area contributed by atoms with Gasteiger partial charge in [0.1, 0.15) is 0 Å². The monoisotopic (exact) mass is 500 g/mol. The third-order valence-electron chi connectivity index (χ3n) is 4.17. The molecule has 0 aliphatic heterocycles. The Kier molecular flexibility index (Phi) is 5.05. The molecule has 0 radical (unpaired) electrons. The highest BCUT2D eigenvalue weighted by molar-refractivity contribution is 5.32. The lowest BCUT2D eigenvalue weighted by Gasteiger charge is -2.58. The summed E-state index contributed by atoms with van der Waals surface area (Å²) in [5, 5.41) is 0. The second-order valence-electron chi connectivity index (χ2n) is 5.77. The number of alkyl halides is 20. The highest BCUT2D eigenvalue weighted by atomic mass is 19.4. The lowest BCUT2D eigenvalue weighted by molar-refractivity contribution is -0.564. The summed E-state index contributed by atoms with van der Waals surface area (Å²) in [6.07, 6.45) is -17.1. The second kappa shape index (κ2) is 5.69. The zero-order valence-electron chi connectivity index (χ0n) is 12.6. The van der Waals surface area contributed by atoms with E-state index in [1.165, 1.54) is 0 Å². The maximum atomic E-state index is 13.6. The van der Waals surface area contributed by atoms with Crippen LogP contribution in [0.5, 0.6) is 0 Å². The van der Waals surface area contributed by atoms with Crippen molar-refractivity contribution in [3.63, 3.8) is 0 Å². The molecule has 1 aliphatic carbocycles. The predicted octanol–water partition coefficient (Wildman–Crippen LogP) is 6.56. The zero-order chi connectivity index (χ0) is 25.0. The fourth-order valence-corrected chi connectivity index (χ4v) is 2.60. The van der Waals surface area contributed by atoms with Crippen molar-refractivity contribution in [1.82, 2.24) is 0 Å². The Labute approximate surface area is 148 Å². The van der Waals surface area contributed by atoms with E-state index < -0.39 is 59.2 Å². The van der Waals surface area contributed by atoms with E-state index in [4.69, 9.17) is 0 Å². The van der Waals surface area contributed by atoms with Crippen LogP contribution in [0.25, 0.3) is 0 Å². The van der Waals surface area contributed by atoms with Crippen molar-refractivity contribution in [3.8, 4) is 0 Å². The molecular formula is C10F20. The quantitative estimate of drug-likeness (QED) is 0.377. The molecule has 0 nitrogen and oxygen atoms in total. The first kappa shape index (κ1) is 26.6. The lowest BCUT2D eigenvalue weighted by atomic mass is 9.58. The smallest absolute Gasteiger partial charge is 0.198 e. The van der Waals surface area contributed by atoms with Gasteiger partial charge in [-0.25, -0.2) is 0 Å². The van der Waals surface area contributed by atoms with Crippen LogP contribution in [0.15, 0.2) is 0 Å². The van der Waals surface area contributed by atoms with Crippen molar-refractivity contribution in [2.45, 2.75) is 53.8 Å². The molecular weight excluding hydrogens is 500 g/mol. The van der Waals surface area contributed by atoms with Crippen LogP contribution in [-0.2, 0) is 0 Å². The van der Waals surface area contributed by atoms with Gasteiger partial charge in [0, 0.05) is 0 Å². The van der Waals surface area contributed by atoms with E-state index in [-0.39, 0.29) is 0 Å². The van der Waals surface area contributed by atoms with E-state index in [9.17, 15) is 87.8 Å². The number of rotatable bonds is 2. The van der Waals surface area contributed by atoms with Crippen molar-refractivity contribution in [2.24, 2.45) is 5.41 Å². The van der Waals surface area contributed by atoms with Gasteiger partial charge in [0.15, 0.2) is 0 Å². The summed E-state index contributed by atoms with van der Waals surface area (Å²) in [6.45, 7) is 0. The largest absolute Gasteiger partial charge is 0.459 e. The Morgan fingerprint density at radius 1 is 0.367 bits per heavy atom. The number of hydrogen-bond acceptors (Lipinski definition) is 0. The first-order valence-corrected chi connectivity index (χ1v) is 6.28. The molecule has 1 rings (SSSR count). The fraction of sp³-hybridized carbons (Fsp3) is 1.00. The second-order valence-corrected chi connectivity index (χ2v) is 5.77. The normalized spacial score (nSPS) is 27.6. The van der Waals surface area contributed by atoms with Gasteiger partial charge in [0.05, 0.1) is 0 Å². The van der Waals surface area contributed by atoms with Gasteiger partial charge in [0.2, 0.25) is 0 Å². The molecule has 0 unspecified atom stereocenters. The minimum Gasteiger partial charge on any atom is -0.198 e. The number of halogens is 20. The van der Waals surface area contributed by atoms with Crippen molar-refractivity contribution >= 4 is 0 Å². The Bertz CT molecular complexity index is 657. The summed E-state index contributed by atoms with van der Waals surface area (Å²) in [6, 6.07) is 0. The van der Waals surface area contributed by atoms with E-state index >= 15 is 0 Å². The van der Waals surface area contributed by atoms with Crippen molar-refractivity contribution in [2.75, 3.05) is 0 Å². The van der Waals surface area contributed by atoms with E-state index in [1.807, 2.05) is 0 Å². The summed E-state index contributed by atoms with van der Waals surface area (Å²) in [4.78, 5) is 0. The molecule has 180 valence electrons. The molecule has 0 amide bonds. The maximum absolute atomic E-state index is 13.6. The van der Waals surface area contributed by atoms with Crippen LogP contribution in [0, 0.1) is 5.41 Å². The Balaban J connectivity index is 4.46. The molecule has 1 saturated carbocycles. The Morgan fingerprint density at radius 2 is 0.600 bits per heavy atom. The molecule has 0 bridgehead atoms. The fourth-order valence-electron chi connectivity index (χ4n) is 2.60. The molecule has 1 fully saturated rings. The van der Waals surface area contributed by atoms with Gasteiger partial charge in [-0.3, -0.25) is 0 Å². The first-order chi connectivity index (χ1) is 12.5. The third-order valence-corrected chi connectivity index (χ3v) is 4.17. The Hall–Kier alpha value is -1.40.